The minimum absolute atomic E-state index is 0.0411. The minimum atomic E-state index is -4.78. The topological polar surface area (TPSA) is 83.6 Å². The maximum Gasteiger partial charge on any atom is 0.425 e. The molecule has 3 aromatic rings. The third-order valence-corrected chi connectivity index (χ3v) is 3.76. The molecule has 3 rings (SSSR count). The zero-order valence-corrected chi connectivity index (χ0v) is 14.4. The summed E-state index contributed by atoms with van der Waals surface area (Å²) in [6.45, 7) is 1.44. The molecule has 0 radical (unpaired) electrons. The number of methoxy groups -OCH3 is 1. The molecular weight excluding hydrogens is 388 g/mol. The number of pyridine rings is 1. The van der Waals surface area contributed by atoms with Gasteiger partial charge in [-0.3, -0.25) is 0 Å². The van der Waals surface area contributed by atoms with Crippen LogP contribution in [0.2, 0.25) is 0 Å². The van der Waals surface area contributed by atoms with Crippen LogP contribution in [0.1, 0.15) is 12.5 Å². The molecule has 2 heterocycles. The van der Waals surface area contributed by atoms with Crippen LogP contribution in [-0.4, -0.2) is 28.7 Å². The molecule has 0 spiro atoms. The number of aromatic nitrogens is 2. The van der Waals surface area contributed by atoms with Gasteiger partial charge in [0.05, 0.1) is 18.2 Å². The summed E-state index contributed by atoms with van der Waals surface area (Å²) in [6, 6.07) is 4.20. The largest absolute Gasteiger partial charge is 0.479 e. The van der Waals surface area contributed by atoms with Crippen LogP contribution in [-0.2, 0) is 15.7 Å². The number of ether oxygens (including phenoxy) is 2. The molecular formula is C17H12F4N2O5. The summed E-state index contributed by atoms with van der Waals surface area (Å²) in [6.07, 6.45) is -5.30. The van der Waals surface area contributed by atoms with Gasteiger partial charge in [-0.2, -0.15) is 13.2 Å². The second kappa shape index (κ2) is 6.98. The second-order valence-corrected chi connectivity index (χ2v) is 5.64. The second-order valence-electron chi connectivity index (χ2n) is 5.64. The highest BCUT2D eigenvalue weighted by molar-refractivity contribution is 5.77. The van der Waals surface area contributed by atoms with Gasteiger partial charge < -0.3 is 13.9 Å². The molecule has 0 saturated heterocycles. The standard InChI is InChI=1S/C17H12F4N2O5/c1-8(15(24)26-2)27-10-3-4-12-13(6-10)28-16(25)23(12)14-11(18)5-9(7-22-14)17(19,20)21/h3-8H,1-2H3. The summed E-state index contributed by atoms with van der Waals surface area (Å²) in [4.78, 5) is 26.9. The lowest BCUT2D eigenvalue weighted by Crippen LogP contribution is -2.24. The lowest BCUT2D eigenvalue weighted by Gasteiger charge is -2.12. The van der Waals surface area contributed by atoms with Crippen LogP contribution < -0.4 is 10.5 Å². The van der Waals surface area contributed by atoms with E-state index in [9.17, 15) is 27.2 Å². The first-order chi connectivity index (χ1) is 13.1. The molecule has 1 unspecified atom stereocenters. The van der Waals surface area contributed by atoms with E-state index in [0.29, 0.717) is 10.8 Å². The van der Waals surface area contributed by atoms with Crippen LogP contribution in [0, 0.1) is 5.82 Å². The SMILES string of the molecule is COC(=O)C(C)Oc1ccc2c(c1)oc(=O)n2-c1ncc(C(F)(F)F)cc1F. The fraction of sp³-hybridized carbons (Fsp3) is 0.235. The molecule has 0 N–H and O–H groups in total. The van der Waals surface area contributed by atoms with Crippen molar-refractivity contribution in [1.29, 1.82) is 0 Å². The summed E-state index contributed by atoms with van der Waals surface area (Å²) in [5.74, 6) is -3.52. The Balaban J connectivity index is 2.03. The average molecular weight is 400 g/mol. The van der Waals surface area contributed by atoms with Gasteiger partial charge in [-0.05, 0) is 25.1 Å². The number of oxazole rings is 1. The summed E-state index contributed by atoms with van der Waals surface area (Å²) < 4.78 is 67.7. The number of alkyl halides is 3. The van der Waals surface area contributed by atoms with Crippen molar-refractivity contribution in [2.75, 3.05) is 7.11 Å². The van der Waals surface area contributed by atoms with Crippen molar-refractivity contribution in [2.45, 2.75) is 19.2 Å². The van der Waals surface area contributed by atoms with Gasteiger partial charge >= 0.3 is 17.9 Å². The lowest BCUT2D eigenvalue weighted by atomic mass is 10.2. The van der Waals surface area contributed by atoms with Gasteiger partial charge in [-0.15, -0.1) is 0 Å². The van der Waals surface area contributed by atoms with Gasteiger partial charge in [0, 0.05) is 12.3 Å². The first-order valence-corrected chi connectivity index (χ1v) is 7.75. The van der Waals surface area contributed by atoms with E-state index in [1.165, 1.54) is 32.2 Å². The van der Waals surface area contributed by atoms with E-state index in [2.05, 4.69) is 9.72 Å². The fourth-order valence-corrected chi connectivity index (χ4v) is 2.44. The van der Waals surface area contributed by atoms with Crippen LogP contribution in [0.25, 0.3) is 16.9 Å². The summed E-state index contributed by atoms with van der Waals surface area (Å²) in [5, 5.41) is 0. The normalized spacial score (nSPS) is 12.8. The summed E-state index contributed by atoms with van der Waals surface area (Å²) in [5.41, 5.74) is -1.28. The number of carbonyl (C=O) groups excluding carboxylic acids is 1. The maximum absolute atomic E-state index is 14.2. The Kier molecular flexibility index (Phi) is 4.84. The number of halogens is 4. The zero-order chi connectivity index (χ0) is 20.6. The van der Waals surface area contributed by atoms with Crippen molar-refractivity contribution in [2.24, 2.45) is 0 Å². The number of esters is 1. The third kappa shape index (κ3) is 3.55. The maximum atomic E-state index is 14.2. The fourth-order valence-electron chi connectivity index (χ4n) is 2.44. The van der Waals surface area contributed by atoms with Gasteiger partial charge in [0.25, 0.3) is 0 Å². The Morgan fingerprint density at radius 2 is 2.00 bits per heavy atom. The minimum Gasteiger partial charge on any atom is -0.479 e. The van der Waals surface area contributed by atoms with Gasteiger partial charge in [-0.25, -0.2) is 23.5 Å². The number of fused-ring (bicyclic) bond motifs is 1. The van der Waals surface area contributed by atoms with Crippen LogP contribution in [0.15, 0.2) is 39.7 Å². The lowest BCUT2D eigenvalue weighted by molar-refractivity contribution is -0.148. The quantitative estimate of drug-likeness (QED) is 0.495. The molecule has 28 heavy (non-hydrogen) atoms. The Morgan fingerprint density at radius 1 is 1.29 bits per heavy atom. The van der Waals surface area contributed by atoms with Crippen molar-refractivity contribution in [3.8, 4) is 11.6 Å². The van der Waals surface area contributed by atoms with E-state index >= 15 is 0 Å². The molecule has 11 heteroatoms. The number of hydrogen-bond acceptors (Lipinski definition) is 6. The first kappa shape index (κ1) is 19.4. The van der Waals surface area contributed by atoms with E-state index in [0.717, 1.165) is 0 Å². The Hall–Kier alpha value is -3.37. The Labute approximate surface area is 154 Å². The number of carbonyl (C=O) groups is 1. The third-order valence-electron chi connectivity index (χ3n) is 3.76. The molecule has 1 aromatic carbocycles. The molecule has 0 bridgehead atoms. The monoisotopic (exact) mass is 400 g/mol. The molecule has 2 aromatic heterocycles. The van der Waals surface area contributed by atoms with Crippen molar-refractivity contribution < 1.29 is 36.2 Å². The van der Waals surface area contributed by atoms with Gasteiger partial charge in [-0.1, -0.05) is 0 Å². The molecule has 148 valence electrons. The van der Waals surface area contributed by atoms with E-state index in [1.807, 2.05) is 0 Å². The highest BCUT2D eigenvalue weighted by Gasteiger charge is 2.32. The van der Waals surface area contributed by atoms with E-state index in [-0.39, 0.29) is 22.9 Å². The van der Waals surface area contributed by atoms with Crippen molar-refractivity contribution in [3.05, 3.63) is 52.4 Å². The number of nitrogens with zero attached hydrogens (tertiary/aromatic N) is 2. The zero-order valence-electron chi connectivity index (χ0n) is 14.4. The van der Waals surface area contributed by atoms with E-state index < -0.39 is 41.2 Å². The summed E-state index contributed by atoms with van der Waals surface area (Å²) >= 11 is 0. The van der Waals surface area contributed by atoms with Crippen LogP contribution >= 0.6 is 0 Å². The molecule has 7 nitrogen and oxygen atoms in total. The van der Waals surface area contributed by atoms with Crippen LogP contribution in [0.3, 0.4) is 0 Å². The van der Waals surface area contributed by atoms with Crippen molar-refractivity contribution in [3.63, 3.8) is 0 Å². The summed E-state index contributed by atoms with van der Waals surface area (Å²) in [7, 11) is 1.19. The van der Waals surface area contributed by atoms with Crippen molar-refractivity contribution >= 4 is 17.1 Å². The molecule has 0 aliphatic carbocycles. The number of rotatable bonds is 4. The predicted molar refractivity (Wildman–Crippen MR) is 86.7 cm³/mol. The molecule has 0 aliphatic heterocycles. The number of hydrogen-bond donors (Lipinski definition) is 0. The molecule has 0 aliphatic rings. The van der Waals surface area contributed by atoms with Gasteiger partial charge in [0.2, 0.25) is 0 Å². The molecule has 0 saturated carbocycles. The van der Waals surface area contributed by atoms with Gasteiger partial charge in [0.15, 0.2) is 23.3 Å². The van der Waals surface area contributed by atoms with Crippen LogP contribution in [0.4, 0.5) is 17.6 Å². The number of benzene rings is 1. The van der Waals surface area contributed by atoms with Crippen LogP contribution in [0.5, 0.6) is 5.75 Å². The smallest absolute Gasteiger partial charge is 0.425 e. The first-order valence-electron chi connectivity index (χ1n) is 7.75. The molecule has 1 atom stereocenters. The average Bonchev–Trinajstić information content (AvgIpc) is 2.95. The van der Waals surface area contributed by atoms with E-state index in [1.54, 1.807) is 0 Å². The van der Waals surface area contributed by atoms with E-state index in [4.69, 9.17) is 9.15 Å². The predicted octanol–water partition coefficient (Wildman–Crippen LogP) is 3.08. The Morgan fingerprint density at radius 3 is 2.61 bits per heavy atom. The highest BCUT2D eigenvalue weighted by atomic mass is 19.4. The highest BCUT2D eigenvalue weighted by Crippen LogP contribution is 2.30. The molecule has 0 fully saturated rings. The Bertz CT molecular complexity index is 1100. The van der Waals surface area contributed by atoms with Gasteiger partial charge in [0.1, 0.15) is 5.75 Å². The molecule has 0 amide bonds. The van der Waals surface area contributed by atoms with Crippen molar-refractivity contribution in [1.82, 2.24) is 9.55 Å².